The molecule has 0 aromatic heterocycles. The van der Waals surface area contributed by atoms with Gasteiger partial charge >= 0.3 is 0 Å². The molecular weight excluding hydrogens is 242 g/mol. The monoisotopic (exact) mass is 258 g/mol. The molecule has 0 heterocycles. The van der Waals surface area contributed by atoms with Crippen molar-refractivity contribution >= 4 is 15.9 Å². The number of hydrogen-bond acceptors (Lipinski definition) is 1. The summed E-state index contributed by atoms with van der Waals surface area (Å²) < 4.78 is 7.60. The number of quaternary nitrogens is 1. The molecule has 1 rings (SSSR count). The predicted octanol–water partition coefficient (Wildman–Crippen LogP) is 2.53. The van der Waals surface area contributed by atoms with Crippen molar-refractivity contribution in [1.29, 1.82) is 0 Å². The third kappa shape index (κ3) is 4.63. The van der Waals surface area contributed by atoms with Crippen LogP contribution >= 0.6 is 15.9 Å². The van der Waals surface area contributed by atoms with Gasteiger partial charge in [-0.25, -0.2) is 0 Å². The molecule has 0 atom stereocenters. The van der Waals surface area contributed by atoms with Crippen LogP contribution in [0.1, 0.15) is 0 Å². The van der Waals surface area contributed by atoms with Crippen LogP contribution in [0.4, 0.5) is 0 Å². The van der Waals surface area contributed by atoms with Crippen LogP contribution in [0, 0.1) is 0 Å². The van der Waals surface area contributed by atoms with Gasteiger partial charge in [0.1, 0.15) is 18.9 Å². The van der Waals surface area contributed by atoms with Crippen LogP contribution in [0.3, 0.4) is 0 Å². The van der Waals surface area contributed by atoms with Gasteiger partial charge in [0.25, 0.3) is 0 Å². The van der Waals surface area contributed by atoms with E-state index in [1.165, 1.54) is 0 Å². The Morgan fingerprint density at radius 1 is 1.29 bits per heavy atom. The van der Waals surface area contributed by atoms with Gasteiger partial charge in [-0.05, 0) is 18.2 Å². The first-order valence-corrected chi connectivity index (χ1v) is 5.45. The molecule has 0 amide bonds. The molecule has 0 bridgehead atoms. The highest BCUT2D eigenvalue weighted by Gasteiger charge is 2.06. The zero-order valence-corrected chi connectivity index (χ0v) is 10.5. The summed E-state index contributed by atoms with van der Waals surface area (Å²) in [5, 5.41) is 0. The van der Waals surface area contributed by atoms with Crippen LogP contribution in [-0.4, -0.2) is 38.8 Å². The molecule has 0 saturated heterocycles. The lowest BCUT2D eigenvalue weighted by molar-refractivity contribution is -0.870. The minimum Gasteiger partial charge on any atom is -0.488 e. The highest BCUT2D eigenvalue weighted by Crippen LogP contribution is 2.17. The maximum absolute atomic E-state index is 5.62. The number of halogens is 1. The highest BCUT2D eigenvalue weighted by atomic mass is 79.9. The molecule has 0 aliphatic heterocycles. The van der Waals surface area contributed by atoms with E-state index in [1.807, 2.05) is 24.3 Å². The van der Waals surface area contributed by atoms with Crippen LogP contribution in [0.5, 0.6) is 5.75 Å². The Hall–Kier alpha value is -0.540. The van der Waals surface area contributed by atoms with Gasteiger partial charge in [0, 0.05) is 4.47 Å². The maximum atomic E-state index is 5.62. The molecule has 3 heteroatoms. The van der Waals surface area contributed by atoms with Crippen molar-refractivity contribution in [2.45, 2.75) is 0 Å². The third-order valence-electron chi connectivity index (χ3n) is 1.83. The first kappa shape index (κ1) is 11.5. The highest BCUT2D eigenvalue weighted by molar-refractivity contribution is 9.10. The van der Waals surface area contributed by atoms with Crippen LogP contribution in [0.2, 0.25) is 0 Å². The summed E-state index contributed by atoms with van der Waals surface area (Å²) in [6.07, 6.45) is 0. The number of ether oxygens (including phenoxy) is 1. The van der Waals surface area contributed by atoms with Crippen LogP contribution in [0.25, 0.3) is 0 Å². The summed E-state index contributed by atoms with van der Waals surface area (Å²) in [5.41, 5.74) is 0. The van der Waals surface area contributed by atoms with Crippen molar-refractivity contribution in [3.05, 3.63) is 28.7 Å². The molecule has 0 spiro atoms. The van der Waals surface area contributed by atoms with E-state index in [0.717, 1.165) is 27.9 Å². The number of nitrogens with zero attached hydrogens (tertiary/aromatic N) is 1. The van der Waals surface area contributed by atoms with Gasteiger partial charge in [-0.2, -0.15) is 0 Å². The molecular formula is C11H17BrNO+. The van der Waals surface area contributed by atoms with Crippen molar-refractivity contribution in [2.24, 2.45) is 0 Å². The summed E-state index contributed by atoms with van der Waals surface area (Å²) in [4.78, 5) is 0. The van der Waals surface area contributed by atoms with Gasteiger partial charge in [-0.3, -0.25) is 0 Å². The number of hydrogen-bond donors (Lipinski definition) is 0. The fraction of sp³-hybridized carbons (Fsp3) is 0.455. The Kier molecular flexibility index (Phi) is 3.96. The van der Waals surface area contributed by atoms with E-state index in [2.05, 4.69) is 37.1 Å². The van der Waals surface area contributed by atoms with E-state index in [1.54, 1.807) is 0 Å². The molecule has 78 valence electrons. The molecule has 2 nitrogen and oxygen atoms in total. The molecule has 0 aliphatic rings. The molecule has 0 fully saturated rings. The standard InChI is InChI=1S/C11H17BrNO/c1-13(2,3)7-8-14-11-6-4-5-10(12)9-11/h4-6,9H,7-8H2,1-3H3/q+1. The van der Waals surface area contributed by atoms with Gasteiger partial charge in [-0.15, -0.1) is 0 Å². The largest absolute Gasteiger partial charge is 0.488 e. The molecule has 1 aromatic rings. The van der Waals surface area contributed by atoms with Gasteiger partial charge in [-0.1, -0.05) is 22.0 Å². The Bertz CT molecular complexity index is 294. The van der Waals surface area contributed by atoms with E-state index < -0.39 is 0 Å². The molecule has 0 aliphatic carbocycles. The normalized spacial score (nSPS) is 11.4. The van der Waals surface area contributed by atoms with E-state index >= 15 is 0 Å². The summed E-state index contributed by atoms with van der Waals surface area (Å²) in [6.45, 7) is 1.76. The topological polar surface area (TPSA) is 9.23 Å². The fourth-order valence-electron chi connectivity index (χ4n) is 0.994. The van der Waals surface area contributed by atoms with E-state index in [0.29, 0.717) is 0 Å². The van der Waals surface area contributed by atoms with Gasteiger partial charge in [0.2, 0.25) is 0 Å². The van der Waals surface area contributed by atoms with Crippen molar-refractivity contribution in [1.82, 2.24) is 0 Å². The van der Waals surface area contributed by atoms with Crippen LogP contribution in [0.15, 0.2) is 28.7 Å². The van der Waals surface area contributed by atoms with Crippen molar-refractivity contribution in [3.8, 4) is 5.75 Å². The molecule has 0 unspecified atom stereocenters. The smallest absolute Gasteiger partial charge is 0.137 e. The van der Waals surface area contributed by atoms with Gasteiger partial charge in [0.15, 0.2) is 0 Å². The minimum atomic E-state index is 0.750. The van der Waals surface area contributed by atoms with E-state index in [9.17, 15) is 0 Å². The quantitative estimate of drug-likeness (QED) is 0.755. The average Bonchev–Trinajstić information content (AvgIpc) is 2.01. The summed E-state index contributed by atoms with van der Waals surface area (Å²) in [5.74, 6) is 0.924. The van der Waals surface area contributed by atoms with Gasteiger partial charge < -0.3 is 9.22 Å². The Labute approximate surface area is 94.2 Å². The number of benzene rings is 1. The molecule has 0 radical (unpaired) electrons. The first-order valence-electron chi connectivity index (χ1n) is 4.66. The summed E-state index contributed by atoms with van der Waals surface area (Å²) >= 11 is 3.41. The lowest BCUT2D eigenvalue weighted by atomic mass is 10.3. The molecule has 1 aromatic carbocycles. The lowest BCUT2D eigenvalue weighted by Gasteiger charge is -2.23. The number of rotatable bonds is 4. The first-order chi connectivity index (χ1) is 6.47. The van der Waals surface area contributed by atoms with E-state index in [-0.39, 0.29) is 0 Å². The van der Waals surface area contributed by atoms with Crippen molar-refractivity contribution < 1.29 is 9.22 Å². The van der Waals surface area contributed by atoms with Crippen molar-refractivity contribution in [2.75, 3.05) is 34.3 Å². The van der Waals surface area contributed by atoms with E-state index in [4.69, 9.17) is 4.74 Å². The molecule has 0 saturated carbocycles. The Morgan fingerprint density at radius 2 is 2.00 bits per heavy atom. The predicted molar refractivity (Wildman–Crippen MR) is 62.5 cm³/mol. The SMILES string of the molecule is C[N+](C)(C)CCOc1cccc(Br)c1. The lowest BCUT2D eigenvalue weighted by Crippen LogP contribution is -2.38. The number of likely N-dealkylation sites (N-methyl/N-ethyl adjacent to an activating group) is 1. The summed E-state index contributed by atoms with van der Waals surface area (Å²) in [7, 11) is 6.47. The third-order valence-corrected chi connectivity index (χ3v) is 2.32. The second kappa shape index (κ2) is 4.80. The Balaban J connectivity index is 2.39. The Morgan fingerprint density at radius 3 is 2.57 bits per heavy atom. The maximum Gasteiger partial charge on any atom is 0.137 e. The second-order valence-electron chi connectivity index (χ2n) is 4.32. The second-order valence-corrected chi connectivity index (χ2v) is 5.24. The van der Waals surface area contributed by atoms with Crippen LogP contribution in [-0.2, 0) is 0 Å². The minimum absolute atomic E-state index is 0.750. The fourth-order valence-corrected chi connectivity index (χ4v) is 1.37. The van der Waals surface area contributed by atoms with Crippen LogP contribution < -0.4 is 4.74 Å². The van der Waals surface area contributed by atoms with Gasteiger partial charge in [0.05, 0.1) is 21.1 Å². The summed E-state index contributed by atoms with van der Waals surface area (Å²) in [6, 6.07) is 7.92. The average molecular weight is 259 g/mol. The molecule has 0 N–H and O–H groups in total. The molecule has 14 heavy (non-hydrogen) atoms. The zero-order chi connectivity index (χ0) is 10.6. The zero-order valence-electron chi connectivity index (χ0n) is 8.96. The van der Waals surface area contributed by atoms with Crippen molar-refractivity contribution in [3.63, 3.8) is 0 Å².